The summed E-state index contributed by atoms with van der Waals surface area (Å²) in [5.41, 5.74) is -0.468. The van der Waals surface area contributed by atoms with E-state index in [1.165, 1.54) is 12.1 Å². The first-order valence-electron chi connectivity index (χ1n) is 4.89. The molecule has 0 atom stereocenters. The van der Waals surface area contributed by atoms with Crippen molar-refractivity contribution in [3.8, 4) is 5.75 Å². The van der Waals surface area contributed by atoms with Crippen LogP contribution in [0.25, 0.3) is 0 Å². The molecule has 0 bridgehead atoms. The van der Waals surface area contributed by atoms with Crippen molar-refractivity contribution in [3.05, 3.63) is 22.7 Å². The molecule has 0 spiro atoms. The topological polar surface area (TPSA) is 78.4 Å². The van der Waals surface area contributed by atoms with Crippen molar-refractivity contribution in [2.75, 3.05) is 4.72 Å². The number of hydrogen-bond donors (Lipinski definition) is 3. The van der Waals surface area contributed by atoms with Crippen molar-refractivity contribution < 1.29 is 13.5 Å². The van der Waals surface area contributed by atoms with Gasteiger partial charge in [0.15, 0.2) is 0 Å². The van der Waals surface area contributed by atoms with Crippen LogP contribution in [0.4, 0.5) is 5.69 Å². The van der Waals surface area contributed by atoms with E-state index in [0.29, 0.717) is 4.47 Å². The number of nitrogens with one attached hydrogen (secondary N) is 2. The zero-order valence-electron chi connectivity index (χ0n) is 9.78. The molecule has 1 rings (SSSR count). The largest absolute Gasteiger partial charge is 0.506 e. The lowest BCUT2D eigenvalue weighted by Crippen LogP contribution is -2.43. The Bertz CT molecular complexity index is 509. The van der Waals surface area contributed by atoms with Crippen LogP contribution in [0.5, 0.6) is 5.75 Å². The minimum absolute atomic E-state index is 0.121. The Kier molecular flexibility index (Phi) is 4.06. The van der Waals surface area contributed by atoms with Gasteiger partial charge in [-0.05, 0) is 39.0 Å². The Morgan fingerprint density at radius 3 is 2.41 bits per heavy atom. The summed E-state index contributed by atoms with van der Waals surface area (Å²) in [5.74, 6) is -0.132. The van der Waals surface area contributed by atoms with Gasteiger partial charge in [-0.15, -0.1) is 0 Å². The fourth-order valence-electron chi connectivity index (χ4n) is 1.16. The van der Waals surface area contributed by atoms with E-state index in [4.69, 9.17) is 0 Å². The van der Waals surface area contributed by atoms with Gasteiger partial charge in [0.2, 0.25) is 0 Å². The predicted molar refractivity (Wildman–Crippen MR) is 71.2 cm³/mol. The highest BCUT2D eigenvalue weighted by molar-refractivity contribution is 9.10. The third-order valence-corrected chi connectivity index (χ3v) is 3.51. The van der Waals surface area contributed by atoms with Crippen LogP contribution < -0.4 is 9.44 Å². The summed E-state index contributed by atoms with van der Waals surface area (Å²) in [6.45, 7) is 5.19. The van der Waals surface area contributed by atoms with E-state index in [9.17, 15) is 13.5 Å². The first kappa shape index (κ1) is 14.3. The summed E-state index contributed by atoms with van der Waals surface area (Å²) in [5, 5.41) is 9.52. The van der Waals surface area contributed by atoms with Crippen LogP contribution in [0, 0.1) is 0 Å². The lowest BCUT2D eigenvalue weighted by Gasteiger charge is -2.21. The molecular formula is C10H15BrN2O3S. The van der Waals surface area contributed by atoms with Gasteiger partial charge < -0.3 is 5.11 Å². The molecule has 7 heteroatoms. The fraction of sp³-hybridized carbons (Fsp3) is 0.400. The molecule has 0 saturated carbocycles. The van der Waals surface area contributed by atoms with E-state index >= 15 is 0 Å². The Hall–Kier alpha value is -0.790. The zero-order chi connectivity index (χ0) is 13.3. The average Bonchev–Trinajstić information content (AvgIpc) is 2.06. The molecule has 0 fully saturated rings. The van der Waals surface area contributed by atoms with Gasteiger partial charge in [-0.25, -0.2) is 0 Å². The normalized spacial score (nSPS) is 12.5. The molecule has 96 valence electrons. The minimum atomic E-state index is -3.71. The smallest absolute Gasteiger partial charge is 0.299 e. The first-order valence-corrected chi connectivity index (χ1v) is 7.17. The monoisotopic (exact) mass is 322 g/mol. The maximum atomic E-state index is 11.7. The quantitative estimate of drug-likeness (QED) is 0.746. The molecule has 0 aliphatic carbocycles. The standard InChI is InChI=1S/C10H15BrN2O3S/c1-10(2,3)13-17(15,16)12-8-6-7(11)4-5-9(8)14/h4-6,12-14H,1-3H3. The van der Waals surface area contributed by atoms with Gasteiger partial charge in [0.1, 0.15) is 5.75 Å². The van der Waals surface area contributed by atoms with E-state index in [0.717, 1.165) is 0 Å². The van der Waals surface area contributed by atoms with Crippen LogP contribution in [0.1, 0.15) is 20.8 Å². The zero-order valence-corrected chi connectivity index (χ0v) is 12.2. The second-order valence-electron chi connectivity index (χ2n) is 4.62. The second kappa shape index (κ2) is 4.83. The SMILES string of the molecule is CC(C)(C)NS(=O)(=O)Nc1cc(Br)ccc1O. The molecule has 0 heterocycles. The lowest BCUT2D eigenvalue weighted by atomic mass is 10.1. The Morgan fingerprint density at radius 1 is 1.29 bits per heavy atom. The second-order valence-corrected chi connectivity index (χ2v) is 6.95. The number of rotatable bonds is 3. The van der Waals surface area contributed by atoms with Gasteiger partial charge in [0, 0.05) is 10.0 Å². The number of halogens is 1. The van der Waals surface area contributed by atoms with Gasteiger partial charge in [0.05, 0.1) is 5.69 Å². The summed E-state index contributed by atoms with van der Waals surface area (Å²) in [7, 11) is -3.71. The highest BCUT2D eigenvalue weighted by Gasteiger charge is 2.20. The number of benzene rings is 1. The average molecular weight is 323 g/mol. The summed E-state index contributed by atoms with van der Waals surface area (Å²) < 4.78 is 28.8. The Balaban J connectivity index is 2.94. The summed E-state index contributed by atoms with van der Waals surface area (Å²) in [6, 6.07) is 4.50. The van der Waals surface area contributed by atoms with Gasteiger partial charge >= 0.3 is 0 Å². The molecule has 0 radical (unpaired) electrons. The van der Waals surface area contributed by atoms with Crippen molar-refractivity contribution in [2.45, 2.75) is 26.3 Å². The highest BCUT2D eigenvalue weighted by atomic mass is 79.9. The molecule has 0 aromatic heterocycles. The molecule has 0 saturated heterocycles. The van der Waals surface area contributed by atoms with Crippen LogP contribution in [-0.4, -0.2) is 19.1 Å². The molecule has 3 N–H and O–H groups in total. The van der Waals surface area contributed by atoms with Crippen LogP contribution in [-0.2, 0) is 10.2 Å². The Labute approximate surface area is 110 Å². The van der Waals surface area contributed by atoms with Crippen molar-refractivity contribution in [2.24, 2.45) is 0 Å². The van der Waals surface area contributed by atoms with Crippen molar-refractivity contribution in [1.29, 1.82) is 0 Å². The van der Waals surface area contributed by atoms with E-state index in [1.54, 1.807) is 26.8 Å². The third-order valence-electron chi connectivity index (χ3n) is 1.64. The molecule has 0 aliphatic heterocycles. The van der Waals surface area contributed by atoms with Crippen LogP contribution in [0.3, 0.4) is 0 Å². The fourth-order valence-corrected chi connectivity index (χ4v) is 2.83. The number of anilines is 1. The van der Waals surface area contributed by atoms with Gasteiger partial charge in [-0.3, -0.25) is 4.72 Å². The predicted octanol–water partition coefficient (Wildman–Crippen LogP) is 2.20. The van der Waals surface area contributed by atoms with Gasteiger partial charge in [-0.2, -0.15) is 13.1 Å². The molecule has 17 heavy (non-hydrogen) atoms. The third kappa shape index (κ3) is 4.93. The van der Waals surface area contributed by atoms with E-state index < -0.39 is 15.7 Å². The molecule has 0 amide bonds. The molecule has 1 aromatic carbocycles. The maximum Gasteiger partial charge on any atom is 0.299 e. The van der Waals surface area contributed by atoms with Crippen LogP contribution >= 0.6 is 15.9 Å². The van der Waals surface area contributed by atoms with E-state index in [-0.39, 0.29) is 11.4 Å². The lowest BCUT2D eigenvalue weighted by molar-refractivity contribution is 0.476. The number of aromatic hydroxyl groups is 1. The molecular weight excluding hydrogens is 308 g/mol. The summed E-state index contributed by atoms with van der Waals surface area (Å²) in [4.78, 5) is 0. The highest BCUT2D eigenvalue weighted by Crippen LogP contribution is 2.27. The molecule has 1 aromatic rings. The molecule has 5 nitrogen and oxygen atoms in total. The van der Waals surface area contributed by atoms with E-state index in [2.05, 4.69) is 25.4 Å². The van der Waals surface area contributed by atoms with Crippen molar-refractivity contribution in [3.63, 3.8) is 0 Å². The molecule has 0 unspecified atom stereocenters. The van der Waals surface area contributed by atoms with Crippen LogP contribution in [0.2, 0.25) is 0 Å². The van der Waals surface area contributed by atoms with Crippen LogP contribution in [0.15, 0.2) is 22.7 Å². The first-order chi connectivity index (χ1) is 7.59. The van der Waals surface area contributed by atoms with Crippen molar-refractivity contribution >= 4 is 31.8 Å². The summed E-state index contributed by atoms with van der Waals surface area (Å²) in [6.07, 6.45) is 0. The Morgan fingerprint density at radius 2 is 1.88 bits per heavy atom. The van der Waals surface area contributed by atoms with Gasteiger partial charge in [-0.1, -0.05) is 15.9 Å². The molecule has 0 aliphatic rings. The number of phenolic OH excluding ortho intramolecular Hbond substituents is 1. The number of phenols is 1. The van der Waals surface area contributed by atoms with Crippen molar-refractivity contribution in [1.82, 2.24) is 4.72 Å². The van der Waals surface area contributed by atoms with E-state index in [1.807, 2.05) is 0 Å². The summed E-state index contributed by atoms with van der Waals surface area (Å²) >= 11 is 3.20. The number of hydrogen-bond acceptors (Lipinski definition) is 3. The van der Waals surface area contributed by atoms with Gasteiger partial charge in [0.25, 0.3) is 10.2 Å². The minimum Gasteiger partial charge on any atom is -0.506 e. The maximum absolute atomic E-state index is 11.7.